The second-order valence-corrected chi connectivity index (χ2v) is 6.66. The highest BCUT2D eigenvalue weighted by Crippen LogP contribution is 2.22. The van der Waals surface area contributed by atoms with Gasteiger partial charge in [0.1, 0.15) is 11.0 Å². The molecule has 30 heavy (non-hydrogen) atoms. The topological polar surface area (TPSA) is 103 Å². The van der Waals surface area contributed by atoms with Crippen molar-refractivity contribution in [3.05, 3.63) is 94.0 Å². The van der Waals surface area contributed by atoms with Gasteiger partial charge in [0.05, 0.1) is 10.6 Å². The average Bonchev–Trinajstić information content (AvgIpc) is 3.16. The van der Waals surface area contributed by atoms with E-state index in [0.29, 0.717) is 16.8 Å². The van der Waals surface area contributed by atoms with Crippen LogP contribution in [-0.4, -0.2) is 25.8 Å². The van der Waals surface area contributed by atoms with Gasteiger partial charge in [0, 0.05) is 23.9 Å². The van der Waals surface area contributed by atoms with Crippen LogP contribution in [0.25, 0.3) is 22.8 Å². The Morgan fingerprint density at radius 3 is 2.50 bits per heavy atom. The molecule has 0 bridgehead atoms. The number of nitro groups is 1. The number of nitro benzene ring substituents is 1. The van der Waals surface area contributed by atoms with E-state index in [9.17, 15) is 14.9 Å². The molecule has 4 aromatic rings. The lowest BCUT2D eigenvalue weighted by molar-refractivity contribution is -0.384. The Labute approximate surface area is 171 Å². The highest BCUT2D eigenvalue weighted by atomic mass is 16.6. The zero-order valence-electron chi connectivity index (χ0n) is 16.0. The summed E-state index contributed by atoms with van der Waals surface area (Å²) in [6.45, 7) is 1.88. The third-order valence-corrected chi connectivity index (χ3v) is 4.48. The first kappa shape index (κ1) is 19.0. The molecule has 0 aliphatic carbocycles. The summed E-state index contributed by atoms with van der Waals surface area (Å²) >= 11 is 0. The van der Waals surface area contributed by atoms with E-state index in [1.54, 1.807) is 23.0 Å². The van der Waals surface area contributed by atoms with Crippen molar-refractivity contribution in [2.75, 3.05) is 5.32 Å². The molecule has 0 saturated carbocycles. The molecule has 3 aromatic carbocycles. The third-order valence-electron chi connectivity index (χ3n) is 4.48. The van der Waals surface area contributed by atoms with Crippen molar-refractivity contribution in [1.29, 1.82) is 0 Å². The largest absolute Gasteiger partial charge is 0.322 e. The predicted molar refractivity (Wildman–Crippen MR) is 114 cm³/mol. The molecule has 0 aliphatic heterocycles. The molecule has 8 nitrogen and oxygen atoms in total. The number of nitrogens with zero attached hydrogens (tertiary/aromatic N) is 4. The van der Waals surface area contributed by atoms with Gasteiger partial charge < -0.3 is 5.32 Å². The minimum Gasteiger partial charge on any atom is -0.322 e. The molecule has 1 aromatic heterocycles. The number of nitrogens with one attached hydrogen (secondary N) is 1. The number of aromatic nitrogens is 3. The fourth-order valence-corrected chi connectivity index (χ4v) is 2.97. The fraction of sp³-hybridized carbons (Fsp3) is 0.0455. The first-order chi connectivity index (χ1) is 14.5. The van der Waals surface area contributed by atoms with Crippen molar-refractivity contribution in [2.45, 2.75) is 6.92 Å². The van der Waals surface area contributed by atoms with Crippen molar-refractivity contribution in [3.8, 4) is 5.69 Å². The van der Waals surface area contributed by atoms with Crippen LogP contribution in [0.15, 0.2) is 72.8 Å². The number of fused-ring (bicyclic) bond motifs is 1. The van der Waals surface area contributed by atoms with Gasteiger partial charge in [-0.2, -0.15) is 4.80 Å². The van der Waals surface area contributed by atoms with Gasteiger partial charge in [0.25, 0.3) is 5.69 Å². The summed E-state index contributed by atoms with van der Waals surface area (Å²) in [6.07, 6.45) is 2.87. The monoisotopic (exact) mass is 399 g/mol. The van der Waals surface area contributed by atoms with Gasteiger partial charge in [-0.25, -0.2) is 0 Å². The summed E-state index contributed by atoms with van der Waals surface area (Å²) in [5.41, 5.74) is 4.23. The number of hydrogen-bond acceptors (Lipinski definition) is 5. The maximum absolute atomic E-state index is 12.3. The van der Waals surface area contributed by atoms with E-state index in [1.807, 2.05) is 43.3 Å². The van der Waals surface area contributed by atoms with Gasteiger partial charge in [-0.15, -0.1) is 10.2 Å². The molecular weight excluding hydrogens is 382 g/mol. The van der Waals surface area contributed by atoms with E-state index < -0.39 is 4.92 Å². The Hall–Kier alpha value is -4.33. The number of non-ortho nitro benzene ring substituents is 1. The van der Waals surface area contributed by atoms with Crippen LogP contribution in [0.1, 0.15) is 11.1 Å². The Balaban J connectivity index is 1.54. The molecule has 0 saturated heterocycles. The van der Waals surface area contributed by atoms with Gasteiger partial charge in [-0.05, 0) is 48.4 Å². The summed E-state index contributed by atoms with van der Waals surface area (Å²) in [6, 6.07) is 19.3. The van der Waals surface area contributed by atoms with Crippen LogP contribution in [-0.2, 0) is 4.79 Å². The minimum atomic E-state index is -0.474. The van der Waals surface area contributed by atoms with Crippen LogP contribution < -0.4 is 5.32 Å². The van der Waals surface area contributed by atoms with Crippen LogP contribution in [0, 0.1) is 17.0 Å². The number of aryl methyl sites for hydroxylation is 1. The van der Waals surface area contributed by atoms with Gasteiger partial charge in [-0.1, -0.05) is 30.3 Å². The molecule has 0 radical (unpaired) electrons. The zero-order chi connectivity index (χ0) is 21.1. The number of hydrogen-bond donors (Lipinski definition) is 1. The fourth-order valence-electron chi connectivity index (χ4n) is 2.97. The molecule has 8 heteroatoms. The first-order valence-electron chi connectivity index (χ1n) is 9.16. The highest BCUT2D eigenvalue weighted by molar-refractivity contribution is 6.03. The molecule has 1 N–H and O–H groups in total. The van der Waals surface area contributed by atoms with Gasteiger partial charge in [0.15, 0.2) is 0 Å². The van der Waals surface area contributed by atoms with E-state index in [0.717, 1.165) is 16.8 Å². The van der Waals surface area contributed by atoms with Gasteiger partial charge in [-0.3, -0.25) is 14.9 Å². The summed E-state index contributed by atoms with van der Waals surface area (Å²) in [5.74, 6) is -0.348. The van der Waals surface area contributed by atoms with Crippen LogP contribution in [0.2, 0.25) is 0 Å². The number of carbonyl (C=O) groups is 1. The van der Waals surface area contributed by atoms with E-state index in [2.05, 4.69) is 15.5 Å². The second-order valence-electron chi connectivity index (χ2n) is 6.66. The molecule has 0 unspecified atom stereocenters. The maximum Gasteiger partial charge on any atom is 0.270 e. The summed E-state index contributed by atoms with van der Waals surface area (Å²) < 4.78 is 0. The maximum atomic E-state index is 12.3. The SMILES string of the molecule is Cc1cc2nn(-c3ccccc3)nc2cc1NC(=O)/C=C/c1cccc([N+](=O)[O-])c1. The van der Waals surface area contributed by atoms with Crippen LogP contribution >= 0.6 is 0 Å². The molecule has 4 rings (SSSR count). The Morgan fingerprint density at radius 2 is 1.77 bits per heavy atom. The third kappa shape index (κ3) is 4.07. The van der Waals surface area contributed by atoms with Crippen molar-refractivity contribution < 1.29 is 9.72 Å². The lowest BCUT2D eigenvalue weighted by atomic mass is 10.1. The van der Waals surface area contributed by atoms with Crippen LogP contribution in [0.4, 0.5) is 11.4 Å². The van der Waals surface area contributed by atoms with Gasteiger partial charge in [0.2, 0.25) is 5.91 Å². The molecule has 0 aliphatic rings. The standard InChI is InChI=1S/C22H17N5O3/c1-15-12-20-21(25-26(24-20)17-7-3-2-4-8-17)14-19(15)23-22(28)11-10-16-6-5-9-18(13-16)27(29)30/h2-14H,1H3,(H,23,28)/b11-10+. The predicted octanol–water partition coefficient (Wildman–Crippen LogP) is 4.29. The zero-order valence-corrected chi connectivity index (χ0v) is 16.0. The lowest BCUT2D eigenvalue weighted by Crippen LogP contribution is -2.08. The number of amides is 1. The summed E-state index contributed by atoms with van der Waals surface area (Å²) in [7, 11) is 0. The molecule has 0 spiro atoms. The van der Waals surface area contributed by atoms with Crippen molar-refractivity contribution >= 4 is 34.4 Å². The average molecular weight is 399 g/mol. The number of rotatable bonds is 5. The highest BCUT2D eigenvalue weighted by Gasteiger charge is 2.10. The van der Waals surface area contributed by atoms with E-state index >= 15 is 0 Å². The van der Waals surface area contributed by atoms with E-state index in [1.165, 1.54) is 24.3 Å². The number of carbonyl (C=O) groups excluding carboxylic acids is 1. The molecule has 148 valence electrons. The van der Waals surface area contributed by atoms with Crippen LogP contribution in [0.5, 0.6) is 0 Å². The molecule has 1 heterocycles. The second kappa shape index (κ2) is 7.96. The lowest BCUT2D eigenvalue weighted by Gasteiger charge is -2.05. The van der Waals surface area contributed by atoms with Crippen molar-refractivity contribution in [2.24, 2.45) is 0 Å². The number of anilines is 1. The number of benzene rings is 3. The molecule has 0 fully saturated rings. The smallest absolute Gasteiger partial charge is 0.270 e. The van der Waals surface area contributed by atoms with Gasteiger partial charge >= 0.3 is 0 Å². The van der Waals surface area contributed by atoms with E-state index in [-0.39, 0.29) is 11.6 Å². The summed E-state index contributed by atoms with van der Waals surface area (Å²) in [4.78, 5) is 24.3. The quantitative estimate of drug-likeness (QED) is 0.306. The Morgan fingerprint density at radius 1 is 1.03 bits per heavy atom. The molecule has 0 atom stereocenters. The normalized spacial score (nSPS) is 11.1. The molecule has 1 amide bonds. The molecular formula is C22H17N5O3. The number of para-hydroxylation sites is 1. The van der Waals surface area contributed by atoms with E-state index in [4.69, 9.17) is 0 Å². The minimum absolute atomic E-state index is 0.0274. The summed E-state index contributed by atoms with van der Waals surface area (Å²) in [5, 5.41) is 22.7. The van der Waals surface area contributed by atoms with Crippen LogP contribution in [0.3, 0.4) is 0 Å². The van der Waals surface area contributed by atoms with Crippen molar-refractivity contribution in [1.82, 2.24) is 15.0 Å². The Kier molecular flexibility index (Phi) is 5.04. The first-order valence-corrected chi connectivity index (χ1v) is 9.16. The van der Waals surface area contributed by atoms with Crippen molar-refractivity contribution in [3.63, 3.8) is 0 Å². The Bertz CT molecular complexity index is 1280.